The molecule has 5 heterocycles. The molecule has 34 heavy (non-hydrogen) atoms. The topological polar surface area (TPSA) is 76.8 Å². The molecule has 0 unspecified atom stereocenters. The number of halogens is 2. The standard InChI is InChI=1S/C24H24F2N6O2/c1-33-22-21-18(15-4-5-19-16(11-15)3-2-8-27-19)6-10-32(21)30-23(29-22)28-20-7-9-31(14-24(20,25)26)17-12-34-13-17/h2-6,8,10-11,17,20H,7,9,12-14H2,1H3,(H,28,30)/t20-/m0/s1. The largest absolute Gasteiger partial charge is 0.479 e. The zero-order chi connectivity index (χ0) is 23.3. The van der Waals surface area contributed by atoms with Crippen molar-refractivity contribution in [1.82, 2.24) is 24.5 Å². The fourth-order valence-electron chi connectivity index (χ4n) is 4.72. The molecule has 1 atom stereocenters. The fourth-order valence-corrected chi connectivity index (χ4v) is 4.72. The minimum atomic E-state index is -2.92. The number of hydrogen-bond donors (Lipinski definition) is 1. The van der Waals surface area contributed by atoms with Gasteiger partial charge in [0.05, 0.1) is 44.5 Å². The van der Waals surface area contributed by atoms with Crippen molar-refractivity contribution in [1.29, 1.82) is 0 Å². The number of piperidine rings is 1. The Bertz CT molecular complexity index is 1360. The van der Waals surface area contributed by atoms with Gasteiger partial charge in [-0.2, -0.15) is 4.98 Å². The predicted molar refractivity (Wildman–Crippen MR) is 123 cm³/mol. The van der Waals surface area contributed by atoms with E-state index in [1.54, 1.807) is 16.9 Å². The summed E-state index contributed by atoms with van der Waals surface area (Å²) in [5, 5.41) is 8.35. The zero-order valence-corrected chi connectivity index (χ0v) is 18.6. The van der Waals surface area contributed by atoms with Gasteiger partial charge in [0.25, 0.3) is 5.92 Å². The SMILES string of the molecule is COc1nc(N[C@H]2CCN(C3COC3)CC2(F)F)nn2ccc(-c3ccc4ncccc4c3)c12. The summed E-state index contributed by atoms with van der Waals surface area (Å²) in [5.41, 5.74) is 3.42. The minimum absolute atomic E-state index is 0.0868. The van der Waals surface area contributed by atoms with Gasteiger partial charge in [0.15, 0.2) is 0 Å². The quantitative estimate of drug-likeness (QED) is 0.483. The molecule has 6 rings (SSSR count). The Hall–Kier alpha value is -3.37. The third-order valence-corrected chi connectivity index (χ3v) is 6.66. The Balaban J connectivity index is 1.30. The van der Waals surface area contributed by atoms with E-state index < -0.39 is 12.0 Å². The molecule has 4 aromatic rings. The van der Waals surface area contributed by atoms with Crippen molar-refractivity contribution in [3.63, 3.8) is 0 Å². The fraction of sp³-hybridized carbons (Fsp3) is 0.375. The summed E-state index contributed by atoms with van der Waals surface area (Å²) in [6.45, 7) is 1.32. The highest BCUT2D eigenvalue weighted by Crippen LogP contribution is 2.35. The van der Waals surface area contributed by atoms with Crippen molar-refractivity contribution >= 4 is 22.4 Å². The van der Waals surface area contributed by atoms with E-state index in [4.69, 9.17) is 9.47 Å². The Kier molecular flexibility index (Phi) is 5.07. The predicted octanol–water partition coefficient (Wildman–Crippen LogP) is 3.47. The number of alkyl halides is 2. The number of likely N-dealkylation sites (tertiary alicyclic amines) is 1. The number of ether oxygens (including phenoxy) is 2. The molecule has 0 spiro atoms. The number of fused-ring (bicyclic) bond motifs is 2. The van der Waals surface area contributed by atoms with Gasteiger partial charge in [-0.25, -0.2) is 13.3 Å². The minimum Gasteiger partial charge on any atom is -0.479 e. The van der Waals surface area contributed by atoms with Gasteiger partial charge < -0.3 is 14.8 Å². The van der Waals surface area contributed by atoms with Gasteiger partial charge in [0, 0.05) is 29.9 Å². The molecule has 2 aliphatic heterocycles. The van der Waals surface area contributed by atoms with Crippen molar-refractivity contribution in [2.24, 2.45) is 0 Å². The van der Waals surface area contributed by atoms with Crippen LogP contribution in [0, 0.1) is 0 Å². The maximum Gasteiger partial charge on any atom is 0.280 e. The number of nitrogens with zero attached hydrogens (tertiary/aromatic N) is 5. The second-order valence-electron chi connectivity index (χ2n) is 8.79. The van der Waals surface area contributed by atoms with Crippen LogP contribution in [-0.4, -0.2) is 75.9 Å². The molecular weight excluding hydrogens is 442 g/mol. The van der Waals surface area contributed by atoms with Gasteiger partial charge >= 0.3 is 0 Å². The van der Waals surface area contributed by atoms with Crippen LogP contribution in [0.4, 0.5) is 14.7 Å². The molecule has 0 bridgehead atoms. The van der Waals surface area contributed by atoms with Crippen LogP contribution in [0.2, 0.25) is 0 Å². The van der Waals surface area contributed by atoms with E-state index in [-0.39, 0.29) is 25.0 Å². The number of benzene rings is 1. The molecule has 1 N–H and O–H groups in total. The zero-order valence-electron chi connectivity index (χ0n) is 18.6. The average Bonchev–Trinajstić information content (AvgIpc) is 3.22. The summed E-state index contributed by atoms with van der Waals surface area (Å²) in [7, 11) is 1.51. The third kappa shape index (κ3) is 3.63. The lowest BCUT2D eigenvalue weighted by molar-refractivity contribution is -0.131. The summed E-state index contributed by atoms with van der Waals surface area (Å²) in [6, 6.07) is 10.8. The molecule has 10 heteroatoms. The lowest BCUT2D eigenvalue weighted by atomic mass is 9.98. The average molecular weight is 466 g/mol. The van der Waals surface area contributed by atoms with E-state index >= 15 is 0 Å². The molecule has 0 aliphatic carbocycles. The van der Waals surface area contributed by atoms with Gasteiger partial charge in [-0.3, -0.25) is 9.88 Å². The molecule has 0 amide bonds. The second-order valence-corrected chi connectivity index (χ2v) is 8.79. The van der Waals surface area contributed by atoms with Gasteiger partial charge in [-0.1, -0.05) is 12.1 Å². The molecule has 8 nitrogen and oxygen atoms in total. The van der Waals surface area contributed by atoms with Crippen LogP contribution in [0.5, 0.6) is 5.88 Å². The number of hydrogen-bond acceptors (Lipinski definition) is 7. The molecule has 2 saturated heterocycles. The van der Waals surface area contributed by atoms with E-state index in [0.717, 1.165) is 22.0 Å². The molecule has 2 aliphatic rings. The highest BCUT2D eigenvalue weighted by molar-refractivity contribution is 5.90. The van der Waals surface area contributed by atoms with Crippen LogP contribution in [0.15, 0.2) is 48.8 Å². The van der Waals surface area contributed by atoms with Gasteiger partial charge in [0.2, 0.25) is 11.8 Å². The summed E-state index contributed by atoms with van der Waals surface area (Å²) < 4.78 is 42.2. The van der Waals surface area contributed by atoms with E-state index in [0.29, 0.717) is 31.2 Å². The molecule has 176 valence electrons. The molecule has 2 fully saturated rings. The first-order chi connectivity index (χ1) is 16.5. The number of nitrogens with one attached hydrogen (secondary N) is 1. The summed E-state index contributed by atoms with van der Waals surface area (Å²) in [4.78, 5) is 10.6. The highest BCUT2D eigenvalue weighted by Gasteiger charge is 2.47. The van der Waals surface area contributed by atoms with Crippen molar-refractivity contribution in [3.05, 3.63) is 48.8 Å². The summed E-state index contributed by atoms with van der Waals surface area (Å²) >= 11 is 0. The smallest absolute Gasteiger partial charge is 0.280 e. The van der Waals surface area contributed by atoms with Crippen LogP contribution < -0.4 is 10.1 Å². The normalized spacial score (nSPS) is 21.0. The summed E-state index contributed by atoms with van der Waals surface area (Å²) in [6.07, 6.45) is 3.83. The van der Waals surface area contributed by atoms with E-state index in [1.807, 2.05) is 41.3 Å². The number of rotatable bonds is 5. The number of pyridine rings is 1. The van der Waals surface area contributed by atoms with Crippen molar-refractivity contribution in [2.75, 3.05) is 38.7 Å². The molecule has 1 aromatic carbocycles. The van der Waals surface area contributed by atoms with Crippen molar-refractivity contribution in [3.8, 4) is 17.0 Å². The first-order valence-corrected chi connectivity index (χ1v) is 11.3. The maximum atomic E-state index is 14.9. The van der Waals surface area contributed by atoms with Crippen LogP contribution in [0.25, 0.3) is 27.5 Å². The Morgan fingerprint density at radius 2 is 2.09 bits per heavy atom. The summed E-state index contributed by atoms with van der Waals surface area (Å²) in [5.74, 6) is -2.49. The van der Waals surface area contributed by atoms with Crippen LogP contribution in [-0.2, 0) is 4.74 Å². The van der Waals surface area contributed by atoms with Crippen LogP contribution >= 0.6 is 0 Å². The van der Waals surface area contributed by atoms with E-state index in [1.165, 1.54) is 7.11 Å². The van der Waals surface area contributed by atoms with Crippen molar-refractivity contribution in [2.45, 2.75) is 24.4 Å². The molecular formula is C24H24F2N6O2. The lowest BCUT2D eigenvalue weighted by Gasteiger charge is -2.44. The first kappa shape index (κ1) is 21.2. The monoisotopic (exact) mass is 466 g/mol. The van der Waals surface area contributed by atoms with Gasteiger partial charge in [-0.05, 0) is 36.2 Å². The van der Waals surface area contributed by atoms with Crippen LogP contribution in [0.3, 0.4) is 0 Å². The van der Waals surface area contributed by atoms with E-state index in [2.05, 4.69) is 20.4 Å². The van der Waals surface area contributed by atoms with Gasteiger partial charge in [0.1, 0.15) is 5.52 Å². The maximum absolute atomic E-state index is 14.9. The molecule has 0 saturated carbocycles. The first-order valence-electron chi connectivity index (χ1n) is 11.3. The molecule has 0 radical (unpaired) electrons. The van der Waals surface area contributed by atoms with E-state index in [9.17, 15) is 8.78 Å². The van der Waals surface area contributed by atoms with Gasteiger partial charge in [-0.15, -0.1) is 5.10 Å². The Labute approximate surface area is 194 Å². The van der Waals surface area contributed by atoms with Crippen LogP contribution in [0.1, 0.15) is 6.42 Å². The number of aromatic nitrogens is 4. The Morgan fingerprint density at radius 1 is 1.21 bits per heavy atom. The lowest BCUT2D eigenvalue weighted by Crippen LogP contribution is -2.61. The number of methoxy groups -OCH3 is 1. The second kappa shape index (κ2) is 8.14. The highest BCUT2D eigenvalue weighted by atomic mass is 19.3. The van der Waals surface area contributed by atoms with Crippen molar-refractivity contribution < 1.29 is 18.3 Å². The Morgan fingerprint density at radius 3 is 2.85 bits per heavy atom. The molecule has 3 aromatic heterocycles. The third-order valence-electron chi connectivity index (χ3n) is 6.66. The number of anilines is 1.